The lowest BCUT2D eigenvalue weighted by molar-refractivity contribution is 0.0660. The summed E-state index contributed by atoms with van der Waals surface area (Å²) in [5, 5.41) is 17.8. The lowest BCUT2D eigenvalue weighted by Crippen LogP contribution is -2.37. The molecule has 1 amide bonds. The largest absolute Gasteiger partial charge is 0.388 e. The molecule has 1 saturated heterocycles. The molecular formula is C19H23N3O2. The molecule has 1 aromatic carbocycles. The molecule has 0 radical (unpaired) electrons. The van der Waals surface area contributed by atoms with Gasteiger partial charge in [0.25, 0.3) is 5.91 Å². The van der Waals surface area contributed by atoms with Crippen LogP contribution in [0.4, 0.5) is 0 Å². The Morgan fingerprint density at radius 1 is 1.29 bits per heavy atom. The first-order valence-corrected chi connectivity index (χ1v) is 8.84. The van der Waals surface area contributed by atoms with Crippen molar-refractivity contribution < 1.29 is 9.90 Å². The number of benzene rings is 1. The number of aliphatic hydroxyl groups excluding tert-OH is 1. The third-order valence-corrected chi connectivity index (χ3v) is 5.33. The zero-order valence-electron chi connectivity index (χ0n) is 13.7. The van der Waals surface area contributed by atoms with Crippen molar-refractivity contribution in [3.8, 4) is 0 Å². The summed E-state index contributed by atoms with van der Waals surface area (Å²) in [7, 11) is 0. The third-order valence-electron chi connectivity index (χ3n) is 5.33. The minimum atomic E-state index is -0.533. The smallest absolute Gasteiger partial charge is 0.274 e. The maximum absolute atomic E-state index is 13.0. The summed E-state index contributed by atoms with van der Waals surface area (Å²) in [6.07, 6.45) is 5.02. The number of hydrogen-bond donors (Lipinski definition) is 2. The Bertz CT molecular complexity index is 725. The summed E-state index contributed by atoms with van der Waals surface area (Å²) in [6.45, 7) is 0.757. The van der Waals surface area contributed by atoms with Crippen LogP contribution < -0.4 is 0 Å². The highest BCUT2D eigenvalue weighted by atomic mass is 16.3. The third kappa shape index (κ3) is 2.73. The van der Waals surface area contributed by atoms with Crippen molar-refractivity contribution in [2.45, 2.75) is 50.7 Å². The fourth-order valence-electron chi connectivity index (χ4n) is 4.05. The highest BCUT2D eigenvalue weighted by Gasteiger charge is 2.34. The van der Waals surface area contributed by atoms with Crippen LogP contribution in [0.25, 0.3) is 0 Å². The van der Waals surface area contributed by atoms with Crippen molar-refractivity contribution in [1.82, 2.24) is 15.1 Å². The molecule has 2 unspecified atom stereocenters. The van der Waals surface area contributed by atoms with Crippen molar-refractivity contribution in [1.29, 1.82) is 0 Å². The molecule has 1 aromatic heterocycles. The maximum Gasteiger partial charge on any atom is 0.274 e. The molecule has 0 saturated carbocycles. The Kier molecular flexibility index (Phi) is 4.10. The number of nitrogens with one attached hydrogen (secondary N) is 1. The molecule has 2 aliphatic rings. The molecule has 0 bridgehead atoms. The second kappa shape index (κ2) is 6.40. The van der Waals surface area contributed by atoms with E-state index in [1.54, 1.807) is 0 Å². The van der Waals surface area contributed by atoms with Gasteiger partial charge in [0.05, 0.1) is 6.10 Å². The average molecular weight is 325 g/mol. The molecule has 2 atom stereocenters. The van der Waals surface area contributed by atoms with Crippen LogP contribution in [0.15, 0.2) is 30.3 Å². The molecule has 2 heterocycles. The summed E-state index contributed by atoms with van der Waals surface area (Å²) >= 11 is 0. The van der Waals surface area contributed by atoms with Gasteiger partial charge in [-0.25, -0.2) is 0 Å². The van der Waals surface area contributed by atoms with Crippen LogP contribution in [0, 0.1) is 0 Å². The van der Waals surface area contributed by atoms with Crippen molar-refractivity contribution in [2.75, 3.05) is 6.54 Å². The number of hydrogen-bond acceptors (Lipinski definition) is 3. The lowest BCUT2D eigenvalue weighted by atomic mass is 10.0. The number of aryl methyl sites for hydroxylation is 1. The van der Waals surface area contributed by atoms with Crippen molar-refractivity contribution in [3.05, 3.63) is 52.8 Å². The molecule has 5 heteroatoms. The number of H-pyrrole nitrogens is 1. The van der Waals surface area contributed by atoms with E-state index in [2.05, 4.69) is 10.2 Å². The Balaban J connectivity index is 1.49. The van der Waals surface area contributed by atoms with E-state index >= 15 is 0 Å². The van der Waals surface area contributed by atoms with Gasteiger partial charge < -0.3 is 10.0 Å². The van der Waals surface area contributed by atoms with E-state index in [0.29, 0.717) is 12.1 Å². The minimum absolute atomic E-state index is 0.0251. The molecule has 2 N–H and O–H groups in total. The van der Waals surface area contributed by atoms with Gasteiger partial charge in [-0.15, -0.1) is 0 Å². The van der Waals surface area contributed by atoms with Crippen LogP contribution in [0.3, 0.4) is 0 Å². The van der Waals surface area contributed by atoms with Crippen molar-refractivity contribution in [3.63, 3.8) is 0 Å². The average Bonchev–Trinajstić information content (AvgIpc) is 3.31. The van der Waals surface area contributed by atoms with Crippen molar-refractivity contribution >= 4 is 5.91 Å². The van der Waals surface area contributed by atoms with Crippen LogP contribution in [-0.2, 0) is 12.8 Å². The topological polar surface area (TPSA) is 69.2 Å². The number of aromatic nitrogens is 2. The molecule has 4 rings (SSSR count). The molecule has 1 fully saturated rings. The van der Waals surface area contributed by atoms with Gasteiger partial charge in [0.15, 0.2) is 5.69 Å². The number of aliphatic hydroxyl groups is 1. The monoisotopic (exact) mass is 325 g/mol. The number of fused-ring (bicyclic) bond motifs is 1. The number of rotatable bonds is 4. The van der Waals surface area contributed by atoms with E-state index in [1.165, 1.54) is 0 Å². The molecule has 126 valence electrons. The summed E-state index contributed by atoms with van der Waals surface area (Å²) in [5.41, 5.74) is 3.74. The Labute approximate surface area is 141 Å². The van der Waals surface area contributed by atoms with Gasteiger partial charge >= 0.3 is 0 Å². The van der Waals surface area contributed by atoms with E-state index in [4.69, 9.17) is 0 Å². The summed E-state index contributed by atoms with van der Waals surface area (Å²) in [6, 6.07) is 9.77. The van der Waals surface area contributed by atoms with Gasteiger partial charge in [0.2, 0.25) is 0 Å². The predicted octanol–water partition coefficient (Wildman–Crippen LogP) is 2.63. The van der Waals surface area contributed by atoms with Crippen LogP contribution >= 0.6 is 0 Å². The van der Waals surface area contributed by atoms with Crippen LogP contribution in [-0.4, -0.2) is 38.7 Å². The van der Waals surface area contributed by atoms with E-state index in [0.717, 1.165) is 55.5 Å². The maximum atomic E-state index is 13.0. The Morgan fingerprint density at radius 2 is 2.12 bits per heavy atom. The Hall–Kier alpha value is -2.14. The number of nitrogens with zero attached hydrogens (tertiary/aromatic N) is 2. The standard InChI is InChI=1S/C19H23N3O2/c23-17(13-6-2-1-3-7-13)12-14-8-5-11-22(14)19(24)18-15-9-4-10-16(15)20-21-18/h1-3,6-7,14,17,23H,4-5,8-12H2,(H,20,21). The number of carbonyl (C=O) groups excluding carboxylic acids is 1. The van der Waals surface area contributed by atoms with E-state index in [1.807, 2.05) is 35.2 Å². The first-order chi connectivity index (χ1) is 11.7. The van der Waals surface area contributed by atoms with Gasteiger partial charge in [-0.05, 0) is 44.1 Å². The molecule has 0 spiro atoms. The first kappa shape index (κ1) is 15.4. The predicted molar refractivity (Wildman–Crippen MR) is 90.7 cm³/mol. The molecule has 24 heavy (non-hydrogen) atoms. The Morgan fingerprint density at radius 3 is 2.96 bits per heavy atom. The number of aromatic amines is 1. The minimum Gasteiger partial charge on any atom is -0.388 e. The van der Waals surface area contributed by atoms with E-state index in [9.17, 15) is 9.90 Å². The fourth-order valence-corrected chi connectivity index (χ4v) is 4.05. The highest BCUT2D eigenvalue weighted by Crippen LogP contribution is 2.30. The van der Waals surface area contributed by atoms with Gasteiger partial charge in [0, 0.05) is 23.8 Å². The number of carbonyl (C=O) groups is 1. The zero-order chi connectivity index (χ0) is 16.5. The van der Waals surface area contributed by atoms with E-state index < -0.39 is 6.10 Å². The quantitative estimate of drug-likeness (QED) is 0.908. The zero-order valence-corrected chi connectivity index (χ0v) is 13.7. The highest BCUT2D eigenvalue weighted by molar-refractivity contribution is 5.94. The number of amides is 1. The summed E-state index contributed by atoms with van der Waals surface area (Å²) in [4.78, 5) is 14.9. The van der Waals surface area contributed by atoms with Crippen LogP contribution in [0.1, 0.15) is 59.1 Å². The normalized spacial score (nSPS) is 21.0. The molecule has 2 aromatic rings. The summed E-state index contributed by atoms with van der Waals surface area (Å²) in [5.74, 6) is 0.0251. The fraction of sp³-hybridized carbons (Fsp3) is 0.474. The van der Waals surface area contributed by atoms with Gasteiger partial charge in [-0.1, -0.05) is 30.3 Å². The molecule has 5 nitrogen and oxygen atoms in total. The van der Waals surface area contributed by atoms with E-state index in [-0.39, 0.29) is 11.9 Å². The van der Waals surface area contributed by atoms with Gasteiger partial charge in [-0.2, -0.15) is 5.10 Å². The number of likely N-dealkylation sites (tertiary alicyclic amines) is 1. The second-order valence-corrected chi connectivity index (χ2v) is 6.84. The van der Waals surface area contributed by atoms with Crippen LogP contribution in [0.2, 0.25) is 0 Å². The molecular weight excluding hydrogens is 302 g/mol. The van der Waals surface area contributed by atoms with Gasteiger partial charge in [0.1, 0.15) is 0 Å². The first-order valence-electron chi connectivity index (χ1n) is 8.84. The van der Waals surface area contributed by atoms with Gasteiger partial charge in [-0.3, -0.25) is 9.89 Å². The molecule has 1 aliphatic carbocycles. The van der Waals surface area contributed by atoms with Crippen LogP contribution in [0.5, 0.6) is 0 Å². The summed E-state index contributed by atoms with van der Waals surface area (Å²) < 4.78 is 0. The lowest BCUT2D eigenvalue weighted by Gasteiger charge is -2.26. The second-order valence-electron chi connectivity index (χ2n) is 6.84. The van der Waals surface area contributed by atoms with Crippen molar-refractivity contribution in [2.24, 2.45) is 0 Å². The molecule has 1 aliphatic heterocycles. The SMILES string of the molecule is O=C(c1n[nH]c2c1CCC2)N1CCCC1CC(O)c1ccccc1.